The summed E-state index contributed by atoms with van der Waals surface area (Å²) in [4.78, 5) is 8.81. The van der Waals surface area contributed by atoms with Crippen molar-refractivity contribution in [3.05, 3.63) is 84.5 Å². The maximum absolute atomic E-state index is 5.83. The molecule has 154 valence electrons. The summed E-state index contributed by atoms with van der Waals surface area (Å²) in [7, 11) is 0. The molecule has 0 saturated carbocycles. The number of para-hydroxylation sites is 3. The topological polar surface area (TPSA) is 69.6 Å². The molecule has 0 aliphatic rings. The Kier molecular flexibility index (Phi) is 5.50. The average molecular weight is 428 g/mol. The lowest BCUT2D eigenvalue weighted by molar-refractivity contribution is 0.526. The number of aromatic nitrogens is 5. The van der Waals surface area contributed by atoms with Crippen molar-refractivity contribution in [2.24, 2.45) is 0 Å². The molecule has 3 heterocycles. The Morgan fingerprint density at radius 2 is 1.84 bits per heavy atom. The Bertz CT molecular complexity index is 1280. The molecule has 6 nitrogen and oxygen atoms in total. The number of thioether (sulfide) groups is 1. The molecule has 0 fully saturated rings. The van der Waals surface area contributed by atoms with Gasteiger partial charge in [-0.25, -0.2) is 4.98 Å². The van der Waals surface area contributed by atoms with E-state index in [4.69, 9.17) is 4.42 Å². The SMILES string of the molecule is Cc1ccccc1-n1c(SCCCc2nc3ccccc3o2)nnc1-c1cccnc1. The molecular weight excluding hydrogens is 406 g/mol. The first kappa shape index (κ1) is 19.5. The summed E-state index contributed by atoms with van der Waals surface area (Å²) in [5.74, 6) is 2.46. The van der Waals surface area contributed by atoms with Crippen molar-refractivity contribution in [3.8, 4) is 17.1 Å². The van der Waals surface area contributed by atoms with Crippen LogP contribution < -0.4 is 0 Å². The van der Waals surface area contributed by atoms with Crippen LogP contribution in [0.2, 0.25) is 0 Å². The first-order chi connectivity index (χ1) is 15.3. The highest BCUT2D eigenvalue weighted by molar-refractivity contribution is 7.99. The molecule has 0 radical (unpaired) electrons. The van der Waals surface area contributed by atoms with Gasteiger partial charge < -0.3 is 4.42 Å². The lowest BCUT2D eigenvalue weighted by Gasteiger charge is -2.12. The largest absolute Gasteiger partial charge is 0.441 e. The second kappa shape index (κ2) is 8.73. The zero-order chi connectivity index (χ0) is 21.0. The molecule has 0 saturated heterocycles. The molecule has 31 heavy (non-hydrogen) atoms. The van der Waals surface area contributed by atoms with Crippen molar-refractivity contribution < 1.29 is 4.42 Å². The number of benzene rings is 2. The van der Waals surface area contributed by atoms with Gasteiger partial charge in [0.05, 0.1) is 5.69 Å². The Labute approximate surface area is 184 Å². The van der Waals surface area contributed by atoms with Gasteiger partial charge in [0.2, 0.25) is 0 Å². The number of rotatable bonds is 7. The predicted molar refractivity (Wildman–Crippen MR) is 122 cm³/mol. The van der Waals surface area contributed by atoms with Gasteiger partial charge in [-0.2, -0.15) is 0 Å². The third kappa shape index (κ3) is 4.09. The molecule has 0 spiro atoms. The van der Waals surface area contributed by atoms with E-state index in [-0.39, 0.29) is 0 Å². The van der Waals surface area contributed by atoms with Crippen LogP contribution in [0.15, 0.2) is 82.6 Å². The van der Waals surface area contributed by atoms with E-state index in [0.717, 1.165) is 57.8 Å². The number of oxazole rings is 1. The molecule has 0 atom stereocenters. The molecule has 0 N–H and O–H groups in total. The van der Waals surface area contributed by atoms with Gasteiger partial charge in [0.25, 0.3) is 0 Å². The van der Waals surface area contributed by atoms with Gasteiger partial charge in [-0.3, -0.25) is 9.55 Å². The summed E-state index contributed by atoms with van der Waals surface area (Å²) in [5.41, 5.74) is 4.93. The van der Waals surface area contributed by atoms with Crippen molar-refractivity contribution >= 4 is 22.9 Å². The molecule has 3 aromatic heterocycles. The number of aryl methyl sites for hydroxylation is 2. The van der Waals surface area contributed by atoms with E-state index in [1.165, 1.54) is 5.56 Å². The summed E-state index contributed by atoms with van der Waals surface area (Å²) in [6, 6.07) is 20.1. The van der Waals surface area contributed by atoms with E-state index in [2.05, 4.69) is 43.8 Å². The third-order valence-corrected chi connectivity index (χ3v) is 6.03. The second-order valence-electron chi connectivity index (χ2n) is 7.20. The molecule has 0 bridgehead atoms. The van der Waals surface area contributed by atoms with Gasteiger partial charge in [-0.1, -0.05) is 42.1 Å². The van der Waals surface area contributed by atoms with Gasteiger partial charge in [0, 0.05) is 30.1 Å². The molecule has 7 heteroatoms. The Morgan fingerprint density at radius 1 is 0.968 bits per heavy atom. The Morgan fingerprint density at radius 3 is 2.68 bits per heavy atom. The number of hydrogen-bond donors (Lipinski definition) is 0. The summed E-state index contributed by atoms with van der Waals surface area (Å²) in [6.07, 6.45) is 5.30. The minimum atomic E-state index is 0.776. The van der Waals surface area contributed by atoms with Crippen LogP contribution >= 0.6 is 11.8 Å². The van der Waals surface area contributed by atoms with Crippen LogP contribution in [-0.4, -0.2) is 30.5 Å². The van der Waals surface area contributed by atoms with Gasteiger partial charge in [-0.05, 0) is 49.2 Å². The smallest absolute Gasteiger partial charge is 0.196 e. The highest BCUT2D eigenvalue weighted by atomic mass is 32.2. The fourth-order valence-electron chi connectivity index (χ4n) is 3.49. The lowest BCUT2D eigenvalue weighted by Crippen LogP contribution is -2.02. The van der Waals surface area contributed by atoms with Crippen LogP contribution in [0.1, 0.15) is 17.9 Å². The van der Waals surface area contributed by atoms with E-state index in [1.807, 2.05) is 54.7 Å². The average Bonchev–Trinajstić information content (AvgIpc) is 3.41. The molecule has 0 unspecified atom stereocenters. The van der Waals surface area contributed by atoms with Crippen molar-refractivity contribution in [2.75, 3.05) is 5.75 Å². The predicted octanol–water partition coefficient (Wildman–Crippen LogP) is 5.50. The monoisotopic (exact) mass is 427 g/mol. The minimum absolute atomic E-state index is 0.776. The van der Waals surface area contributed by atoms with E-state index in [0.29, 0.717) is 0 Å². The van der Waals surface area contributed by atoms with Gasteiger partial charge in [0.1, 0.15) is 5.52 Å². The highest BCUT2D eigenvalue weighted by Crippen LogP contribution is 2.29. The first-order valence-electron chi connectivity index (χ1n) is 10.2. The summed E-state index contributed by atoms with van der Waals surface area (Å²) < 4.78 is 7.95. The van der Waals surface area contributed by atoms with Crippen molar-refractivity contribution in [2.45, 2.75) is 24.9 Å². The minimum Gasteiger partial charge on any atom is -0.441 e. The quantitative estimate of drug-likeness (QED) is 0.252. The first-order valence-corrected chi connectivity index (χ1v) is 11.2. The van der Waals surface area contributed by atoms with Crippen molar-refractivity contribution in [1.82, 2.24) is 24.7 Å². The second-order valence-corrected chi connectivity index (χ2v) is 8.26. The van der Waals surface area contributed by atoms with Crippen LogP contribution in [-0.2, 0) is 6.42 Å². The fourth-order valence-corrected chi connectivity index (χ4v) is 4.37. The number of pyridine rings is 1. The van der Waals surface area contributed by atoms with Gasteiger partial charge in [-0.15, -0.1) is 10.2 Å². The molecular formula is C24H21N5OS. The zero-order valence-corrected chi connectivity index (χ0v) is 17.9. The Hall–Kier alpha value is -3.45. The zero-order valence-electron chi connectivity index (χ0n) is 17.1. The van der Waals surface area contributed by atoms with E-state index >= 15 is 0 Å². The third-order valence-electron chi connectivity index (χ3n) is 5.01. The Balaban J connectivity index is 1.36. The van der Waals surface area contributed by atoms with Gasteiger partial charge in [0.15, 0.2) is 22.5 Å². The number of fused-ring (bicyclic) bond motifs is 1. The van der Waals surface area contributed by atoms with E-state index in [1.54, 1.807) is 18.0 Å². The standard InChI is InChI=1S/C24H21N5OS/c1-17-8-2-4-11-20(17)29-23(18-9-6-14-25-16-18)27-28-24(29)31-15-7-13-22-26-19-10-3-5-12-21(19)30-22/h2-6,8-12,14,16H,7,13,15H2,1H3. The number of nitrogens with zero attached hydrogens (tertiary/aromatic N) is 5. The normalized spacial score (nSPS) is 11.3. The molecule has 0 amide bonds. The van der Waals surface area contributed by atoms with Crippen LogP contribution in [0.25, 0.3) is 28.2 Å². The van der Waals surface area contributed by atoms with Crippen LogP contribution in [0.3, 0.4) is 0 Å². The molecule has 2 aromatic carbocycles. The molecule has 0 aliphatic carbocycles. The highest BCUT2D eigenvalue weighted by Gasteiger charge is 2.17. The van der Waals surface area contributed by atoms with Crippen molar-refractivity contribution in [3.63, 3.8) is 0 Å². The van der Waals surface area contributed by atoms with Gasteiger partial charge >= 0.3 is 0 Å². The van der Waals surface area contributed by atoms with Crippen LogP contribution in [0.4, 0.5) is 0 Å². The van der Waals surface area contributed by atoms with Crippen LogP contribution in [0, 0.1) is 6.92 Å². The molecule has 0 aliphatic heterocycles. The van der Waals surface area contributed by atoms with Crippen LogP contribution in [0.5, 0.6) is 0 Å². The summed E-state index contributed by atoms with van der Waals surface area (Å²) in [5, 5.41) is 9.86. The summed E-state index contributed by atoms with van der Waals surface area (Å²) >= 11 is 1.69. The molecule has 5 rings (SSSR count). The van der Waals surface area contributed by atoms with E-state index < -0.39 is 0 Å². The lowest BCUT2D eigenvalue weighted by atomic mass is 10.2. The number of hydrogen-bond acceptors (Lipinski definition) is 6. The maximum atomic E-state index is 5.83. The fraction of sp³-hybridized carbons (Fsp3) is 0.167. The summed E-state index contributed by atoms with van der Waals surface area (Å²) in [6.45, 7) is 2.10. The van der Waals surface area contributed by atoms with E-state index in [9.17, 15) is 0 Å². The maximum Gasteiger partial charge on any atom is 0.196 e. The molecule has 5 aromatic rings. The van der Waals surface area contributed by atoms with Crippen molar-refractivity contribution in [1.29, 1.82) is 0 Å².